The highest BCUT2D eigenvalue weighted by Crippen LogP contribution is 2.31. The fraction of sp³-hybridized carbons (Fsp3) is 0.167. The standard InChI is InChI=1S/C12H11NO4/c1-7(14)13-6-12(17-8(2)15)10-5-9(16)3-4-11(10)13/h3-6,16H,1-2H3. The Morgan fingerprint density at radius 3 is 2.59 bits per heavy atom. The van der Waals surface area contributed by atoms with Crippen molar-refractivity contribution < 1.29 is 19.4 Å². The van der Waals surface area contributed by atoms with Gasteiger partial charge in [0.1, 0.15) is 5.75 Å². The first-order chi connectivity index (χ1) is 7.99. The molecule has 5 heteroatoms. The maximum atomic E-state index is 11.4. The quantitative estimate of drug-likeness (QED) is 0.764. The summed E-state index contributed by atoms with van der Waals surface area (Å²) in [7, 11) is 0. The zero-order valence-electron chi connectivity index (χ0n) is 9.43. The van der Waals surface area contributed by atoms with Gasteiger partial charge in [0.05, 0.1) is 11.7 Å². The summed E-state index contributed by atoms with van der Waals surface area (Å²) in [5.41, 5.74) is 0.589. The zero-order valence-corrected chi connectivity index (χ0v) is 9.43. The average molecular weight is 233 g/mol. The molecular weight excluding hydrogens is 222 g/mol. The van der Waals surface area contributed by atoms with Crippen LogP contribution in [0.2, 0.25) is 0 Å². The van der Waals surface area contributed by atoms with Crippen molar-refractivity contribution in [2.24, 2.45) is 0 Å². The Morgan fingerprint density at radius 1 is 1.29 bits per heavy atom. The maximum absolute atomic E-state index is 11.4. The first-order valence-corrected chi connectivity index (χ1v) is 5.02. The van der Waals surface area contributed by atoms with Gasteiger partial charge in [0.25, 0.3) is 0 Å². The topological polar surface area (TPSA) is 68.5 Å². The molecule has 0 aliphatic heterocycles. The molecule has 2 rings (SSSR count). The van der Waals surface area contributed by atoms with Gasteiger partial charge < -0.3 is 9.84 Å². The molecule has 1 N–H and O–H groups in total. The smallest absolute Gasteiger partial charge is 0.308 e. The van der Waals surface area contributed by atoms with E-state index < -0.39 is 5.97 Å². The predicted octanol–water partition coefficient (Wildman–Crippen LogP) is 1.93. The maximum Gasteiger partial charge on any atom is 0.308 e. The van der Waals surface area contributed by atoms with Crippen LogP contribution < -0.4 is 4.74 Å². The third-order valence-electron chi connectivity index (χ3n) is 2.34. The molecule has 0 atom stereocenters. The van der Waals surface area contributed by atoms with Crippen molar-refractivity contribution >= 4 is 22.8 Å². The van der Waals surface area contributed by atoms with Gasteiger partial charge in [-0.2, -0.15) is 0 Å². The Labute approximate surface area is 97.2 Å². The predicted molar refractivity (Wildman–Crippen MR) is 61.2 cm³/mol. The Kier molecular flexibility index (Phi) is 2.59. The summed E-state index contributed by atoms with van der Waals surface area (Å²) >= 11 is 0. The van der Waals surface area contributed by atoms with Crippen LogP contribution in [-0.2, 0) is 4.79 Å². The van der Waals surface area contributed by atoms with Crippen LogP contribution in [0.3, 0.4) is 0 Å². The number of rotatable bonds is 1. The molecule has 1 heterocycles. The second-order valence-corrected chi connectivity index (χ2v) is 3.68. The highest BCUT2D eigenvalue weighted by atomic mass is 16.5. The number of nitrogens with zero attached hydrogens (tertiary/aromatic N) is 1. The Morgan fingerprint density at radius 2 is 2.00 bits per heavy atom. The lowest BCUT2D eigenvalue weighted by Crippen LogP contribution is -2.03. The highest BCUT2D eigenvalue weighted by Gasteiger charge is 2.13. The van der Waals surface area contributed by atoms with Gasteiger partial charge in [0, 0.05) is 19.2 Å². The lowest BCUT2D eigenvalue weighted by atomic mass is 10.2. The number of esters is 1. The third-order valence-corrected chi connectivity index (χ3v) is 2.34. The van der Waals surface area contributed by atoms with E-state index in [0.29, 0.717) is 10.9 Å². The van der Waals surface area contributed by atoms with Gasteiger partial charge in [-0.1, -0.05) is 0 Å². The van der Waals surface area contributed by atoms with Crippen molar-refractivity contribution in [1.82, 2.24) is 4.57 Å². The van der Waals surface area contributed by atoms with E-state index in [9.17, 15) is 14.7 Å². The van der Waals surface area contributed by atoms with Crippen molar-refractivity contribution in [3.05, 3.63) is 24.4 Å². The second-order valence-electron chi connectivity index (χ2n) is 3.68. The Bertz CT molecular complexity index is 612. The molecule has 0 amide bonds. The molecule has 0 aliphatic carbocycles. The number of phenols is 1. The minimum atomic E-state index is -0.476. The number of phenolic OH excluding ortho intramolecular Hbond substituents is 1. The van der Waals surface area contributed by atoms with Crippen LogP contribution in [0, 0.1) is 0 Å². The number of benzene rings is 1. The summed E-state index contributed by atoms with van der Waals surface area (Å²) in [6.45, 7) is 2.68. The molecule has 0 spiro atoms. The number of fused-ring (bicyclic) bond motifs is 1. The van der Waals surface area contributed by atoms with Gasteiger partial charge in [-0.05, 0) is 18.2 Å². The van der Waals surface area contributed by atoms with Crippen LogP contribution in [-0.4, -0.2) is 21.6 Å². The summed E-state index contributed by atoms with van der Waals surface area (Å²) in [4.78, 5) is 22.3. The van der Waals surface area contributed by atoms with Crippen LogP contribution in [0.5, 0.6) is 11.5 Å². The monoisotopic (exact) mass is 233 g/mol. The number of hydrogen-bond acceptors (Lipinski definition) is 4. The Balaban J connectivity index is 2.70. The molecule has 0 saturated heterocycles. The highest BCUT2D eigenvalue weighted by molar-refractivity contribution is 5.97. The van der Waals surface area contributed by atoms with Gasteiger partial charge >= 0.3 is 5.97 Å². The minimum absolute atomic E-state index is 0.0483. The first-order valence-electron chi connectivity index (χ1n) is 5.02. The molecule has 0 saturated carbocycles. The third kappa shape index (κ3) is 1.99. The largest absolute Gasteiger partial charge is 0.508 e. The minimum Gasteiger partial charge on any atom is -0.508 e. The number of carbonyl (C=O) groups is 2. The Hall–Kier alpha value is -2.30. The number of hydrogen-bond donors (Lipinski definition) is 1. The summed E-state index contributed by atoms with van der Waals surface area (Å²) in [5, 5.41) is 9.93. The van der Waals surface area contributed by atoms with E-state index in [1.165, 1.54) is 36.7 Å². The van der Waals surface area contributed by atoms with Crippen molar-refractivity contribution in [3.8, 4) is 11.5 Å². The van der Waals surface area contributed by atoms with E-state index in [1.807, 2.05) is 0 Å². The molecule has 1 aromatic carbocycles. The fourth-order valence-electron chi connectivity index (χ4n) is 1.68. The summed E-state index contributed by atoms with van der Waals surface area (Å²) < 4.78 is 6.36. The SMILES string of the molecule is CC(=O)Oc1cn(C(C)=O)c2ccc(O)cc12. The number of aromatic nitrogens is 1. The van der Waals surface area contributed by atoms with E-state index in [1.54, 1.807) is 6.07 Å². The van der Waals surface area contributed by atoms with E-state index in [2.05, 4.69) is 0 Å². The molecule has 0 bridgehead atoms. The van der Waals surface area contributed by atoms with Gasteiger partial charge in [0.15, 0.2) is 5.75 Å². The first kappa shape index (κ1) is 11.2. The number of aromatic hydroxyl groups is 1. The molecular formula is C12H11NO4. The van der Waals surface area contributed by atoms with E-state index >= 15 is 0 Å². The van der Waals surface area contributed by atoms with E-state index in [0.717, 1.165) is 0 Å². The van der Waals surface area contributed by atoms with Crippen molar-refractivity contribution in [2.45, 2.75) is 13.8 Å². The molecule has 1 aromatic heterocycles. The lowest BCUT2D eigenvalue weighted by molar-refractivity contribution is -0.131. The summed E-state index contributed by atoms with van der Waals surface area (Å²) in [5.74, 6) is -0.360. The van der Waals surface area contributed by atoms with Crippen LogP contribution in [0.1, 0.15) is 18.6 Å². The van der Waals surface area contributed by atoms with Crippen molar-refractivity contribution in [1.29, 1.82) is 0 Å². The molecule has 17 heavy (non-hydrogen) atoms. The molecule has 2 aromatic rings. The second kappa shape index (κ2) is 3.93. The van der Waals surface area contributed by atoms with E-state index in [4.69, 9.17) is 4.74 Å². The van der Waals surface area contributed by atoms with Crippen molar-refractivity contribution in [2.75, 3.05) is 0 Å². The molecule has 0 unspecified atom stereocenters. The van der Waals surface area contributed by atoms with Crippen LogP contribution in [0.25, 0.3) is 10.9 Å². The number of carbonyl (C=O) groups excluding carboxylic acids is 2. The zero-order chi connectivity index (χ0) is 12.6. The lowest BCUT2D eigenvalue weighted by Gasteiger charge is -1.98. The summed E-state index contributed by atoms with van der Waals surface area (Å²) in [6, 6.07) is 4.52. The van der Waals surface area contributed by atoms with Gasteiger partial charge in [0.2, 0.25) is 5.91 Å². The molecule has 0 fully saturated rings. The van der Waals surface area contributed by atoms with Gasteiger partial charge in [-0.15, -0.1) is 0 Å². The van der Waals surface area contributed by atoms with E-state index in [-0.39, 0.29) is 17.4 Å². The average Bonchev–Trinajstić information content (AvgIpc) is 2.56. The van der Waals surface area contributed by atoms with Gasteiger partial charge in [-0.25, -0.2) is 0 Å². The molecule has 5 nitrogen and oxygen atoms in total. The van der Waals surface area contributed by atoms with Crippen molar-refractivity contribution in [3.63, 3.8) is 0 Å². The molecule has 0 aliphatic rings. The van der Waals surface area contributed by atoms with Crippen LogP contribution >= 0.6 is 0 Å². The fourth-order valence-corrected chi connectivity index (χ4v) is 1.68. The summed E-state index contributed by atoms with van der Waals surface area (Å²) in [6.07, 6.45) is 1.44. The van der Waals surface area contributed by atoms with Gasteiger partial charge in [-0.3, -0.25) is 14.2 Å². The van der Waals surface area contributed by atoms with Crippen LogP contribution in [0.15, 0.2) is 24.4 Å². The molecule has 88 valence electrons. The van der Waals surface area contributed by atoms with Crippen LogP contribution in [0.4, 0.5) is 0 Å². The number of ether oxygens (including phenoxy) is 1. The normalized spacial score (nSPS) is 10.5. The molecule has 0 radical (unpaired) electrons.